The van der Waals surface area contributed by atoms with Crippen molar-refractivity contribution in [2.75, 3.05) is 13.7 Å². The van der Waals surface area contributed by atoms with E-state index in [-0.39, 0.29) is 17.5 Å². The maximum atomic E-state index is 11.9. The lowest BCUT2D eigenvalue weighted by molar-refractivity contribution is -0.124. The Labute approximate surface area is 104 Å². The summed E-state index contributed by atoms with van der Waals surface area (Å²) >= 11 is 0. The first-order valence-electron chi connectivity index (χ1n) is 6.48. The molecular formula is C13H26N2O2. The first-order valence-corrected chi connectivity index (χ1v) is 6.48. The quantitative estimate of drug-likeness (QED) is 0.766. The Kier molecular flexibility index (Phi) is 5.40. The van der Waals surface area contributed by atoms with Gasteiger partial charge in [0.1, 0.15) is 0 Å². The molecule has 1 rings (SSSR count). The highest BCUT2D eigenvalue weighted by Crippen LogP contribution is 2.25. The number of methoxy groups -OCH3 is 1. The number of hydrogen-bond acceptors (Lipinski definition) is 3. The molecule has 0 saturated heterocycles. The summed E-state index contributed by atoms with van der Waals surface area (Å²) in [7, 11) is 1.65. The van der Waals surface area contributed by atoms with Gasteiger partial charge in [-0.1, -0.05) is 6.42 Å². The Hall–Kier alpha value is -0.610. The van der Waals surface area contributed by atoms with Crippen molar-refractivity contribution in [3.8, 4) is 0 Å². The van der Waals surface area contributed by atoms with Crippen LogP contribution in [0.3, 0.4) is 0 Å². The Morgan fingerprint density at radius 3 is 2.76 bits per heavy atom. The van der Waals surface area contributed by atoms with E-state index < -0.39 is 0 Å². The van der Waals surface area contributed by atoms with Gasteiger partial charge < -0.3 is 15.8 Å². The molecule has 2 unspecified atom stereocenters. The van der Waals surface area contributed by atoms with Crippen LogP contribution in [0.4, 0.5) is 0 Å². The molecule has 1 fully saturated rings. The molecule has 17 heavy (non-hydrogen) atoms. The van der Waals surface area contributed by atoms with Crippen LogP contribution in [0.25, 0.3) is 0 Å². The maximum Gasteiger partial charge on any atom is 0.220 e. The van der Waals surface area contributed by atoms with E-state index in [1.54, 1.807) is 7.11 Å². The second-order valence-electron chi connectivity index (χ2n) is 5.86. The van der Waals surface area contributed by atoms with Crippen LogP contribution < -0.4 is 11.1 Å². The van der Waals surface area contributed by atoms with E-state index in [0.717, 1.165) is 25.7 Å². The van der Waals surface area contributed by atoms with Gasteiger partial charge in [0.15, 0.2) is 0 Å². The number of rotatable bonds is 5. The Bertz CT molecular complexity index is 254. The van der Waals surface area contributed by atoms with Crippen molar-refractivity contribution < 1.29 is 9.53 Å². The maximum absolute atomic E-state index is 11.9. The second kappa shape index (κ2) is 6.36. The Balaban J connectivity index is 2.33. The van der Waals surface area contributed by atoms with Crippen molar-refractivity contribution in [3.63, 3.8) is 0 Å². The van der Waals surface area contributed by atoms with Gasteiger partial charge in [0.25, 0.3) is 0 Å². The lowest BCUT2D eigenvalue weighted by Gasteiger charge is -2.29. The fourth-order valence-corrected chi connectivity index (χ4v) is 2.61. The van der Waals surface area contributed by atoms with E-state index in [1.165, 1.54) is 0 Å². The Morgan fingerprint density at radius 2 is 2.18 bits per heavy atom. The van der Waals surface area contributed by atoms with Gasteiger partial charge in [0.05, 0.1) is 12.1 Å². The zero-order valence-electron chi connectivity index (χ0n) is 11.3. The van der Waals surface area contributed by atoms with E-state index in [4.69, 9.17) is 10.5 Å². The van der Waals surface area contributed by atoms with Gasteiger partial charge in [-0.15, -0.1) is 0 Å². The van der Waals surface area contributed by atoms with Crippen LogP contribution in [0.1, 0.15) is 46.0 Å². The monoisotopic (exact) mass is 242 g/mol. The van der Waals surface area contributed by atoms with E-state index in [9.17, 15) is 4.79 Å². The van der Waals surface area contributed by atoms with Crippen LogP contribution >= 0.6 is 0 Å². The van der Waals surface area contributed by atoms with Gasteiger partial charge in [0.2, 0.25) is 5.91 Å². The molecule has 1 aliphatic rings. The zero-order chi connectivity index (χ0) is 12.9. The van der Waals surface area contributed by atoms with Crippen molar-refractivity contribution >= 4 is 5.91 Å². The molecule has 3 N–H and O–H groups in total. The molecule has 0 bridgehead atoms. The van der Waals surface area contributed by atoms with E-state index >= 15 is 0 Å². The molecule has 0 spiro atoms. The normalized spacial score (nSPS) is 25.6. The number of amides is 1. The largest absolute Gasteiger partial charge is 0.382 e. The molecule has 4 nitrogen and oxygen atoms in total. The van der Waals surface area contributed by atoms with E-state index in [0.29, 0.717) is 18.9 Å². The van der Waals surface area contributed by atoms with Crippen molar-refractivity contribution in [1.82, 2.24) is 5.32 Å². The molecule has 0 heterocycles. The molecule has 2 atom stereocenters. The molecule has 0 aromatic heterocycles. The van der Waals surface area contributed by atoms with Crippen LogP contribution in [0.2, 0.25) is 0 Å². The minimum atomic E-state index is -0.289. The van der Waals surface area contributed by atoms with Crippen molar-refractivity contribution in [2.24, 2.45) is 11.7 Å². The SMILES string of the molecule is COCC(C)(C)NC(=O)CC1CCCC(N)C1. The van der Waals surface area contributed by atoms with Gasteiger partial charge in [-0.2, -0.15) is 0 Å². The molecule has 1 amide bonds. The lowest BCUT2D eigenvalue weighted by Crippen LogP contribution is -2.47. The van der Waals surface area contributed by atoms with Crippen molar-refractivity contribution in [1.29, 1.82) is 0 Å². The fourth-order valence-electron chi connectivity index (χ4n) is 2.61. The van der Waals surface area contributed by atoms with Crippen LogP contribution in [-0.4, -0.2) is 31.2 Å². The van der Waals surface area contributed by atoms with Crippen molar-refractivity contribution in [2.45, 2.75) is 57.5 Å². The number of hydrogen-bond donors (Lipinski definition) is 2. The third-order valence-corrected chi connectivity index (χ3v) is 3.28. The summed E-state index contributed by atoms with van der Waals surface area (Å²) in [6, 6.07) is 0.286. The zero-order valence-corrected chi connectivity index (χ0v) is 11.3. The first-order chi connectivity index (χ1) is 7.93. The topological polar surface area (TPSA) is 64.3 Å². The van der Waals surface area contributed by atoms with Crippen LogP contribution in [0.5, 0.6) is 0 Å². The third-order valence-electron chi connectivity index (χ3n) is 3.28. The average molecular weight is 242 g/mol. The van der Waals surface area contributed by atoms with Gasteiger partial charge in [-0.25, -0.2) is 0 Å². The van der Waals surface area contributed by atoms with Gasteiger partial charge in [-0.3, -0.25) is 4.79 Å². The molecule has 0 aromatic carbocycles. The summed E-state index contributed by atoms with van der Waals surface area (Å²) in [6.07, 6.45) is 4.97. The standard InChI is InChI=1S/C13H26N2O2/c1-13(2,9-17-3)15-12(16)8-10-5-4-6-11(14)7-10/h10-11H,4-9,14H2,1-3H3,(H,15,16). The van der Waals surface area contributed by atoms with Crippen molar-refractivity contribution in [3.05, 3.63) is 0 Å². The minimum Gasteiger partial charge on any atom is -0.382 e. The van der Waals surface area contributed by atoms with Crippen LogP contribution in [-0.2, 0) is 9.53 Å². The summed E-state index contributed by atoms with van der Waals surface area (Å²) < 4.78 is 5.08. The molecule has 4 heteroatoms. The van der Waals surface area contributed by atoms with Gasteiger partial charge in [-0.05, 0) is 39.0 Å². The Morgan fingerprint density at radius 1 is 1.47 bits per heavy atom. The number of nitrogens with two attached hydrogens (primary N) is 1. The number of carbonyl (C=O) groups is 1. The van der Waals surface area contributed by atoms with Gasteiger partial charge in [0, 0.05) is 19.6 Å². The lowest BCUT2D eigenvalue weighted by atomic mass is 9.84. The average Bonchev–Trinajstić information content (AvgIpc) is 2.15. The molecule has 0 aliphatic heterocycles. The molecule has 0 radical (unpaired) electrons. The summed E-state index contributed by atoms with van der Waals surface area (Å²) in [5, 5.41) is 3.01. The summed E-state index contributed by atoms with van der Waals surface area (Å²) in [6.45, 7) is 4.48. The minimum absolute atomic E-state index is 0.117. The van der Waals surface area contributed by atoms with E-state index in [1.807, 2.05) is 13.8 Å². The molecule has 0 aromatic rings. The smallest absolute Gasteiger partial charge is 0.220 e. The predicted octanol–water partition coefficient (Wildman–Crippen LogP) is 1.44. The third kappa shape index (κ3) is 5.50. The molecule has 1 saturated carbocycles. The number of carbonyl (C=O) groups excluding carboxylic acids is 1. The predicted molar refractivity (Wildman–Crippen MR) is 68.6 cm³/mol. The molecular weight excluding hydrogens is 216 g/mol. The highest BCUT2D eigenvalue weighted by Gasteiger charge is 2.25. The number of nitrogens with one attached hydrogen (secondary N) is 1. The number of ether oxygens (including phenoxy) is 1. The molecule has 100 valence electrons. The fraction of sp³-hybridized carbons (Fsp3) is 0.923. The van der Waals surface area contributed by atoms with Gasteiger partial charge >= 0.3 is 0 Å². The summed E-state index contributed by atoms with van der Waals surface area (Å²) in [4.78, 5) is 11.9. The first kappa shape index (κ1) is 14.5. The summed E-state index contributed by atoms with van der Waals surface area (Å²) in [5.41, 5.74) is 5.64. The second-order valence-corrected chi connectivity index (χ2v) is 5.86. The van der Waals surface area contributed by atoms with E-state index in [2.05, 4.69) is 5.32 Å². The highest BCUT2D eigenvalue weighted by molar-refractivity contribution is 5.77. The van der Waals surface area contributed by atoms with Crippen LogP contribution in [0.15, 0.2) is 0 Å². The summed E-state index contributed by atoms with van der Waals surface area (Å²) in [5.74, 6) is 0.572. The molecule has 1 aliphatic carbocycles. The van der Waals surface area contributed by atoms with Crippen LogP contribution in [0, 0.1) is 5.92 Å². The highest BCUT2D eigenvalue weighted by atomic mass is 16.5.